The van der Waals surface area contributed by atoms with E-state index in [0.29, 0.717) is 0 Å². The highest BCUT2D eigenvalue weighted by atomic mass is 16.2. The number of urea groups is 1. The SMILES string of the molecule is Cc1ccc(C2CN(C(C)C)C(=O)N2C)c(C)c1. The van der Waals surface area contributed by atoms with E-state index in [2.05, 4.69) is 45.9 Å². The van der Waals surface area contributed by atoms with Crippen molar-refractivity contribution in [2.24, 2.45) is 0 Å². The Bertz CT molecular complexity index is 468. The Morgan fingerprint density at radius 2 is 1.94 bits per heavy atom. The van der Waals surface area contributed by atoms with Crippen molar-refractivity contribution in [1.82, 2.24) is 9.80 Å². The van der Waals surface area contributed by atoms with Gasteiger partial charge in [0.05, 0.1) is 6.04 Å². The number of aryl methyl sites for hydroxylation is 2. The van der Waals surface area contributed by atoms with Gasteiger partial charge in [-0.25, -0.2) is 4.79 Å². The van der Waals surface area contributed by atoms with Crippen molar-refractivity contribution < 1.29 is 4.79 Å². The number of amides is 2. The highest BCUT2D eigenvalue weighted by Crippen LogP contribution is 2.31. The second-order valence-electron chi connectivity index (χ2n) is 5.52. The molecule has 1 aromatic rings. The Balaban J connectivity index is 2.32. The lowest BCUT2D eigenvalue weighted by molar-refractivity contribution is 0.187. The Kier molecular flexibility index (Phi) is 3.33. The Morgan fingerprint density at radius 1 is 1.28 bits per heavy atom. The molecule has 0 N–H and O–H groups in total. The number of nitrogens with zero attached hydrogens (tertiary/aromatic N) is 2. The molecule has 1 heterocycles. The van der Waals surface area contributed by atoms with Gasteiger partial charge in [-0.15, -0.1) is 0 Å². The molecule has 1 atom stereocenters. The lowest BCUT2D eigenvalue weighted by atomic mass is 9.99. The number of likely N-dealkylation sites (N-methyl/N-ethyl adjacent to an activating group) is 1. The molecule has 1 aliphatic heterocycles. The van der Waals surface area contributed by atoms with Crippen LogP contribution < -0.4 is 0 Å². The molecule has 1 unspecified atom stereocenters. The maximum absolute atomic E-state index is 12.2. The van der Waals surface area contributed by atoms with Gasteiger partial charge in [0.15, 0.2) is 0 Å². The van der Waals surface area contributed by atoms with Crippen LogP contribution in [0.5, 0.6) is 0 Å². The van der Waals surface area contributed by atoms with Crippen LogP contribution in [0.15, 0.2) is 18.2 Å². The number of carbonyl (C=O) groups is 1. The summed E-state index contributed by atoms with van der Waals surface area (Å²) in [5.41, 5.74) is 3.80. The molecule has 2 rings (SSSR count). The van der Waals surface area contributed by atoms with Gasteiger partial charge < -0.3 is 9.80 Å². The fourth-order valence-electron chi connectivity index (χ4n) is 2.66. The summed E-state index contributed by atoms with van der Waals surface area (Å²) < 4.78 is 0. The summed E-state index contributed by atoms with van der Waals surface area (Å²) in [6.07, 6.45) is 0. The molecular weight excluding hydrogens is 224 g/mol. The number of hydrogen-bond donors (Lipinski definition) is 0. The molecular formula is C15H22N2O. The Morgan fingerprint density at radius 3 is 2.44 bits per heavy atom. The van der Waals surface area contributed by atoms with Crippen molar-refractivity contribution in [2.75, 3.05) is 13.6 Å². The number of carbonyl (C=O) groups excluding carboxylic acids is 1. The molecule has 98 valence electrons. The minimum atomic E-state index is 0.134. The van der Waals surface area contributed by atoms with Crippen molar-refractivity contribution in [3.05, 3.63) is 34.9 Å². The van der Waals surface area contributed by atoms with Crippen LogP contribution in [0.1, 0.15) is 36.6 Å². The summed E-state index contributed by atoms with van der Waals surface area (Å²) in [5, 5.41) is 0. The van der Waals surface area contributed by atoms with Crippen LogP contribution in [0.25, 0.3) is 0 Å². The Hall–Kier alpha value is -1.51. The van der Waals surface area contributed by atoms with Gasteiger partial charge in [0, 0.05) is 19.6 Å². The van der Waals surface area contributed by atoms with Crippen molar-refractivity contribution >= 4 is 6.03 Å². The molecule has 1 fully saturated rings. The van der Waals surface area contributed by atoms with E-state index in [0.717, 1.165) is 6.54 Å². The minimum absolute atomic E-state index is 0.134. The topological polar surface area (TPSA) is 23.6 Å². The first-order chi connectivity index (χ1) is 8.41. The highest BCUT2D eigenvalue weighted by molar-refractivity contribution is 5.77. The molecule has 0 radical (unpaired) electrons. The summed E-state index contributed by atoms with van der Waals surface area (Å²) in [6, 6.07) is 7.04. The van der Waals surface area contributed by atoms with E-state index in [4.69, 9.17) is 0 Å². The maximum atomic E-state index is 12.2. The lowest BCUT2D eigenvalue weighted by Gasteiger charge is -2.20. The molecule has 0 aromatic heterocycles. The zero-order valence-electron chi connectivity index (χ0n) is 11.9. The quantitative estimate of drug-likeness (QED) is 0.786. The molecule has 1 saturated heterocycles. The maximum Gasteiger partial charge on any atom is 0.320 e. The van der Waals surface area contributed by atoms with E-state index in [-0.39, 0.29) is 18.1 Å². The van der Waals surface area contributed by atoms with Crippen LogP contribution in [0, 0.1) is 13.8 Å². The fraction of sp³-hybridized carbons (Fsp3) is 0.533. The zero-order valence-corrected chi connectivity index (χ0v) is 11.9. The van der Waals surface area contributed by atoms with Gasteiger partial charge in [-0.05, 0) is 38.8 Å². The van der Waals surface area contributed by atoms with E-state index in [1.54, 1.807) is 0 Å². The first-order valence-corrected chi connectivity index (χ1v) is 6.52. The summed E-state index contributed by atoms with van der Waals surface area (Å²) in [6.45, 7) is 9.14. The average Bonchev–Trinajstić information content (AvgIpc) is 2.57. The van der Waals surface area contributed by atoms with Gasteiger partial charge in [-0.3, -0.25) is 0 Å². The van der Waals surface area contributed by atoms with Crippen LogP contribution in [0.4, 0.5) is 4.79 Å². The van der Waals surface area contributed by atoms with E-state index < -0.39 is 0 Å². The number of rotatable bonds is 2. The van der Waals surface area contributed by atoms with Crippen molar-refractivity contribution in [1.29, 1.82) is 0 Å². The normalized spacial score (nSPS) is 20.1. The zero-order chi connectivity index (χ0) is 13.4. The third-order valence-corrected chi connectivity index (χ3v) is 3.79. The molecule has 0 bridgehead atoms. The van der Waals surface area contributed by atoms with Crippen LogP contribution in [-0.4, -0.2) is 35.5 Å². The first-order valence-electron chi connectivity index (χ1n) is 6.52. The van der Waals surface area contributed by atoms with Crippen LogP contribution >= 0.6 is 0 Å². The second-order valence-corrected chi connectivity index (χ2v) is 5.52. The average molecular weight is 246 g/mol. The lowest BCUT2D eigenvalue weighted by Crippen LogP contribution is -2.34. The van der Waals surface area contributed by atoms with Gasteiger partial charge in [-0.1, -0.05) is 23.8 Å². The fourth-order valence-corrected chi connectivity index (χ4v) is 2.66. The number of hydrogen-bond acceptors (Lipinski definition) is 1. The summed E-state index contributed by atoms with van der Waals surface area (Å²) in [5.74, 6) is 0. The summed E-state index contributed by atoms with van der Waals surface area (Å²) >= 11 is 0. The van der Waals surface area contributed by atoms with Gasteiger partial charge in [0.2, 0.25) is 0 Å². The molecule has 0 aliphatic carbocycles. The summed E-state index contributed by atoms with van der Waals surface area (Å²) in [7, 11) is 1.90. The molecule has 18 heavy (non-hydrogen) atoms. The van der Waals surface area contributed by atoms with Crippen molar-refractivity contribution in [2.45, 2.75) is 39.8 Å². The monoisotopic (exact) mass is 246 g/mol. The first kappa shape index (κ1) is 12.9. The molecule has 1 aromatic carbocycles. The number of benzene rings is 1. The molecule has 0 saturated carbocycles. The molecule has 0 spiro atoms. The van der Waals surface area contributed by atoms with E-state index in [9.17, 15) is 4.79 Å². The predicted molar refractivity (Wildman–Crippen MR) is 73.7 cm³/mol. The standard InChI is InChI=1S/C15H22N2O/c1-10(2)17-9-14(16(5)15(17)18)13-7-6-11(3)8-12(13)4/h6-8,10,14H,9H2,1-5H3. The third-order valence-electron chi connectivity index (χ3n) is 3.79. The van der Waals surface area contributed by atoms with Crippen molar-refractivity contribution in [3.8, 4) is 0 Å². The molecule has 1 aliphatic rings. The third kappa shape index (κ3) is 2.09. The van der Waals surface area contributed by atoms with Gasteiger partial charge in [0.25, 0.3) is 0 Å². The second kappa shape index (κ2) is 4.63. The van der Waals surface area contributed by atoms with Crippen LogP contribution in [-0.2, 0) is 0 Å². The van der Waals surface area contributed by atoms with E-state index in [1.807, 2.05) is 16.8 Å². The molecule has 2 amide bonds. The van der Waals surface area contributed by atoms with E-state index >= 15 is 0 Å². The predicted octanol–water partition coefficient (Wildman–Crippen LogP) is 3.12. The van der Waals surface area contributed by atoms with Gasteiger partial charge in [0.1, 0.15) is 0 Å². The highest BCUT2D eigenvalue weighted by Gasteiger charge is 2.37. The molecule has 3 heteroatoms. The van der Waals surface area contributed by atoms with Crippen molar-refractivity contribution in [3.63, 3.8) is 0 Å². The van der Waals surface area contributed by atoms with Crippen LogP contribution in [0.3, 0.4) is 0 Å². The Labute approximate surface area is 109 Å². The van der Waals surface area contributed by atoms with Gasteiger partial charge >= 0.3 is 6.03 Å². The minimum Gasteiger partial charge on any atom is -0.320 e. The molecule has 3 nitrogen and oxygen atoms in total. The smallest absolute Gasteiger partial charge is 0.320 e. The van der Waals surface area contributed by atoms with Crippen LogP contribution in [0.2, 0.25) is 0 Å². The van der Waals surface area contributed by atoms with Gasteiger partial charge in [-0.2, -0.15) is 0 Å². The largest absolute Gasteiger partial charge is 0.320 e. The summed E-state index contributed by atoms with van der Waals surface area (Å²) in [4.78, 5) is 16.0. The van der Waals surface area contributed by atoms with E-state index in [1.165, 1.54) is 16.7 Å².